The first-order chi connectivity index (χ1) is 6.88. The van der Waals surface area contributed by atoms with E-state index in [9.17, 15) is 9.59 Å². The normalized spacial score (nSPS) is 10.9. The molecule has 0 saturated carbocycles. The van der Waals surface area contributed by atoms with Gasteiger partial charge in [0.15, 0.2) is 0 Å². The SMILES string of the molecule is CC(C)(C)OC(=O)Nc1c[nH]ccc1=O. The topological polar surface area (TPSA) is 71.2 Å². The van der Waals surface area contributed by atoms with Crippen LogP contribution in [0.1, 0.15) is 20.8 Å². The highest BCUT2D eigenvalue weighted by Crippen LogP contribution is 2.08. The van der Waals surface area contributed by atoms with Crippen LogP contribution < -0.4 is 10.7 Å². The van der Waals surface area contributed by atoms with Gasteiger partial charge < -0.3 is 9.72 Å². The fourth-order valence-electron chi connectivity index (χ4n) is 0.927. The highest BCUT2D eigenvalue weighted by molar-refractivity contribution is 5.84. The van der Waals surface area contributed by atoms with Gasteiger partial charge in [0, 0.05) is 18.5 Å². The standard InChI is InChI=1S/C10H14N2O3/c1-10(2,3)15-9(14)12-7-6-11-5-4-8(7)13/h4-6H,1-3H3,(H,11,13)(H,12,14). The van der Waals surface area contributed by atoms with Crippen LogP contribution in [-0.2, 0) is 4.74 Å². The Morgan fingerprint density at radius 1 is 1.47 bits per heavy atom. The first kappa shape index (κ1) is 11.3. The van der Waals surface area contributed by atoms with Crippen LogP contribution in [0.15, 0.2) is 23.3 Å². The number of nitrogens with one attached hydrogen (secondary N) is 2. The summed E-state index contributed by atoms with van der Waals surface area (Å²) in [4.78, 5) is 25.2. The molecule has 0 fully saturated rings. The Bertz CT molecular complexity index is 404. The van der Waals surface area contributed by atoms with Gasteiger partial charge in [-0.25, -0.2) is 4.79 Å². The maximum Gasteiger partial charge on any atom is 0.412 e. The molecule has 1 amide bonds. The number of pyridine rings is 1. The van der Waals surface area contributed by atoms with Crippen LogP contribution in [0.25, 0.3) is 0 Å². The van der Waals surface area contributed by atoms with Gasteiger partial charge in [-0.2, -0.15) is 0 Å². The predicted octanol–water partition coefficient (Wildman–Crippen LogP) is 1.72. The van der Waals surface area contributed by atoms with Gasteiger partial charge in [-0.05, 0) is 20.8 Å². The van der Waals surface area contributed by atoms with Crippen LogP contribution in [0.3, 0.4) is 0 Å². The average molecular weight is 210 g/mol. The largest absolute Gasteiger partial charge is 0.444 e. The Labute approximate surface area is 87.5 Å². The summed E-state index contributed by atoms with van der Waals surface area (Å²) in [5.74, 6) is 0. The van der Waals surface area contributed by atoms with Crippen LogP contribution >= 0.6 is 0 Å². The third-order valence-corrected chi connectivity index (χ3v) is 1.46. The molecule has 0 atom stereocenters. The van der Waals surface area contributed by atoms with E-state index in [0.717, 1.165) is 0 Å². The molecule has 0 aromatic carbocycles. The van der Waals surface area contributed by atoms with Gasteiger partial charge in [-0.1, -0.05) is 0 Å². The summed E-state index contributed by atoms with van der Waals surface area (Å²) in [6, 6.07) is 1.33. The van der Waals surface area contributed by atoms with E-state index in [1.54, 1.807) is 20.8 Å². The maximum absolute atomic E-state index is 11.3. The third kappa shape index (κ3) is 3.84. The van der Waals surface area contributed by atoms with Crippen molar-refractivity contribution in [3.8, 4) is 0 Å². The van der Waals surface area contributed by atoms with Gasteiger partial charge in [0.25, 0.3) is 0 Å². The number of ether oxygens (including phenoxy) is 1. The van der Waals surface area contributed by atoms with Crippen molar-refractivity contribution in [3.63, 3.8) is 0 Å². The number of carbonyl (C=O) groups excluding carboxylic acids is 1. The second-order valence-electron chi connectivity index (χ2n) is 4.05. The van der Waals surface area contributed by atoms with Crippen LogP contribution in [0.5, 0.6) is 0 Å². The van der Waals surface area contributed by atoms with Crippen LogP contribution in [0.4, 0.5) is 10.5 Å². The number of carbonyl (C=O) groups is 1. The molecule has 15 heavy (non-hydrogen) atoms. The molecule has 1 heterocycles. The Hall–Kier alpha value is -1.78. The molecule has 0 aliphatic carbocycles. The van der Waals surface area contributed by atoms with Crippen molar-refractivity contribution in [2.24, 2.45) is 0 Å². The maximum atomic E-state index is 11.3. The van der Waals surface area contributed by atoms with E-state index in [1.165, 1.54) is 18.5 Å². The zero-order valence-electron chi connectivity index (χ0n) is 8.96. The minimum atomic E-state index is -0.640. The van der Waals surface area contributed by atoms with Gasteiger partial charge in [0.2, 0.25) is 5.43 Å². The van der Waals surface area contributed by atoms with Crippen molar-refractivity contribution in [2.75, 3.05) is 5.32 Å². The predicted molar refractivity (Wildman–Crippen MR) is 56.9 cm³/mol. The Kier molecular flexibility index (Phi) is 3.14. The van der Waals surface area contributed by atoms with Gasteiger partial charge in [-0.3, -0.25) is 10.1 Å². The minimum absolute atomic E-state index is 0.173. The van der Waals surface area contributed by atoms with Gasteiger partial charge in [0.05, 0.1) is 0 Å². The Morgan fingerprint density at radius 2 is 2.13 bits per heavy atom. The van der Waals surface area contributed by atoms with Crippen molar-refractivity contribution in [1.82, 2.24) is 4.98 Å². The molecule has 1 aromatic heterocycles. The number of aromatic amines is 1. The smallest absolute Gasteiger partial charge is 0.412 e. The summed E-state index contributed by atoms with van der Waals surface area (Å²) < 4.78 is 4.99. The lowest BCUT2D eigenvalue weighted by Gasteiger charge is -2.19. The van der Waals surface area contributed by atoms with Gasteiger partial charge >= 0.3 is 6.09 Å². The Balaban J connectivity index is 2.68. The number of amides is 1. The zero-order chi connectivity index (χ0) is 11.5. The van der Waals surface area contributed by atoms with E-state index in [1.807, 2.05) is 0 Å². The lowest BCUT2D eigenvalue weighted by Crippen LogP contribution is -2.28. The lowest BCUT2D eigenvalue weighted by molar-refractivity contribution is 0.0635. The molecule has 1 aromatic rings. The average Bonchev–Trinajstić information content (AvgIpc) is 2.05. The fraction of sp³-hybridized carbons (Fsp3) is 0.400. The second kappa shape index (κ2) is 4.16. The van der Waals surface area contributed by atoms with Gasteiger partial charge in [-0.15, -0.1) is 0 Å². The van der Waals surface area contributed by atoms with Crippen molar-refractivity contribution >= 4 is 11.8 Å². The van der Waals surface area contributed by atoms with E-state index >= 15 is 0 Å². The summed E-state index contributed by atoms with van der Waals surface area (Å²) in [6.45, 7) is 5.26. The van der Waals surface area contributed by atoms with Gasteiger partial charge in [0.1, 0.15) is 11.3 Å². The number of hydrogen-bond donors (Lipinski definition) is 2. The quantitative estimate of drug-likeness (QED) is 0.741. The van der Waals surface area contributed by atoms with Crippen LogP contribution in [0, 0.1) is 0 Å². The zero-order valence-corrected chi connectivity index (χ0v) is 8.96. The molecule has 0 spiro atoms. The molecule has 2 N–H and O–H groups in total. The molecule has 1 rings (SSSR count). The minimum Gasteiger partial charge on any atom is -0.444 e. The highest BCUT2D eigenvalue weighted by atomic mass is 16.6. The molecular formula is C10H14N2O3. The summed E-state index contributed by atoms with van der Waals surface area (Å²) in [5.41, 5.74) is -0.669. The van der Waals surface area contributed by atoms with Crippen LogP contribution in [0.2, 0.25) is 0 Å². The van der Waals surface area contributed by atoms with Crippen molar-refractivity contribution in [1.29, 1.82) is 0 Å². The van der Waals surface area contributed by atoms with Crippen LogP contribution in [-0.4, -0.2) is 16.7 Å². The van der Waals surface area contributed by atoms with Crippen molar-refractivity contribution in [2.45, 2.75) is 26.4 Å². The molecule has 5 nitrogen and oxygen atoms in total. The number of H-pyrrole nitrogens is 1. The van der Waals surface area contributed by atoms with E-state index in [-0.39, 0.29) is 11.1 Å². The summed E-state index contributed by atoms with van der Waals surface area (Å²) in [6.07, 6.45) is 2.26. The fourth-order valence-corrected chi connectivity index (χ4v) is 0.927. The van der Waals surface area contributed by atoms with E-state index in [0.29, 0.717) is 0 Å². The van der Waals surface area contributed by atoms with E-state index < -0.39 is 11.7 Å². The molecule has 5 heteroatoms. The van der Waals surface area contributed by atoms with Crippen molar-refractivity contribution in [3.05, 3.63) is 28.7 Å². The molecule has 0 bridgehead atoms. The molecule has 0 aliphatic rings. The molecule has 0 unspecified atom stereocenters. The monoisotopic (exact) mass is 210 g/mol. The molecule has 82 valence electrons. The van der Waals surface area contributed by atoms with E-state index in [4.69, 9.17) is 4.74 Å². The summed E-state index contributed by atoms with van der Waals surface area (Å²) >= 11 is 0. The molecular weight excluding hydrogens is 196 g/mol. The molecule has 0 aliphatic heterocycles. The first-order valence-electron chi connectivity index (χ1n) is 4.55. The first-order valence-corrected chi connectivity index (χ1v) is 4.55. The number of rotatable bonds is 1. The molecule has 0 saturated heterocycles. The Morgan fingerprint density at radius 3 is 2.67 bits per heavy atom. The van der Waals surface area contributed by atoms with Crippen molar-refractivity contribution < 1.29 is 9.53 Å². The van der Waals surface area contributed by atoms with E-state index in [2.05, 4.69) is 10.3 Å². The number of aromatic nitrogens is 1. The second-order valence-corrected chi connectivity index (χ2v) is 4.05. The molecule has 0 radical (unpaired) electrons. The number of anilines is 1. The summed E-state index contributed by atoms with van der Waals surface area (Å²) in [5, 5.41) is 2.36. The summed E-state index contributed by atoms with van der Waals surface area (Å²) in [7, 11) is 0. The number of hydrogen-bond acceptors (Lipinski definition) is 3. The third-order valence-electron chi connectivity index (χ3n) is 1.46. The lowest BCUT2D eigenvalue weighted by atomic mass is 10.2. The highest BCUT2D eigenvalue weighted by Gasteiger charge is 2.16.